The summed E-state index contributed by atoms with van der Waals surface area (Å²) in [5.41, 5.74) is 1.14. The van der Waals surface area contributed by atoms with E-state index in [4.69, 9.17) is 47.7 Å². The molecule has 0 spiro atoms. The maximum absolute atomic E-state index is 12.7. The molecular formula is C60H93N7O17S. The number of carboxylic acids is 1. The van der Waals surface area contributed by atoms with Crippen LogP contribution in [0.15, 0.2) is 11.6 Å². The fourth-order valence-electron chi connectivity index (χ4n) is 16.4. The maximum Gasteiger partial charge on any atom is 0.407 e. The number of nitrogens with zero attached hydrogens (tertiary/aromatic N) is 3. The van der Waals surface area contributed by atoms with E-state index in [-0.39, 0.29) is 89.6 Å². The standard InChI is InChI=1S/C60H93N7O17S/c1-58-15-13-39(32-38(58)7-10-44-45(58)33-49(68)59(2)43(14-16-60(44,59)75)37-31-52(72)83-34-37)82-36-50(69)61-17-20-76-23-24-77-21-18-62-57(74)84-35-42-40-8-11-46-47(12-9-41(40)42)67(66-65-46)19-22-78-25-26-79-27-28-80-29-30-81-55-54-53(63-56(73)64-54)48(85-55)5-3-4-6-51(70)71/h31,38-45,48-49,53-55,68,75H,3-30,32-36H2,1-2H3,(H,61,69)(H,62,74)(H,70,71)(H2,63,64,73)/t38-,39+,40?,41?,42?,43?,44?,45-,48+,49-,53+,54+,55?,58+,59+,60+/m0/s1. The first kappa shape index (κ1) is 63.8. The molecule has 16 atom stereocenters. The third-order valence-corrected chi connectivity index (χ3v) is 22.6. The number of urea groups is 1. The highest BCUT2D eigenvalue weighted by Crippen LogP contribution is 2.70. The molecule has 1 aromatic heterocycles. The Balaban J connectivity index is 0.500. The Morgan fingerprint density at radius 3 is 2.25 bits per heavy atom. The highest BCUT2D eigenvalue weighted by atomic mass is 32.2. The van der Waals surface area contributed by atoms with Crippen LogP contribution in [0.5, 0.6) is 0 Å². The molecule has 1 aromatic rings. The van der Waals surface area contributed by atoms with Gasteiger partial charge in [-0.3, -0.25) is 9.59 Å². The van der Waals surface area contributed by atoms with Crippen LogP contribution in [0.4, 0.5) is 9.59 Å². The quantitative estimate of drug-likeness (QED) is 0.0300. The average Bonchev–Trinajstić information content (AvgIpc) is 2.09. The summed E-state index contributed by atoms with van der Waals surface area (Å²) in [4.78, 5) is 60.1. The van der Waals surface area contributed by atoms with Crippen LogP contribution in [0.1, 0.15) is 115 Å². The van der Waals surface area contributed by atoms with Crippen molar-refractivity contribution >= 4 is 41.7 Å². The maximum atomic E-state index is 12.7. The third kappa shape index (κ3) is 15.1. The number of aliphatic carboxylic acids is 1. The van der Waals surface area contributed by atoms with E-state index in [9.17, 15) is 34.2 Å². The molecule has 0 bridgehead atoms. The highest BCUT2D eigenvalue weighted by molar-refractivity contribution is 8.00. The number of carboxylic acid groups (broad SMARTS) is 1. The fourth-order valence-corrected chi connectivity index (χ4v) is 18.0. The summed E-state index contributed by atoms with van der Waals surface area (Å²) < 4.78 is 53.6. The number of aromatic nitrogens is 3. The molecular weight excluding hydrogens is 1120 g/mol. The number of rotatable bonds is 33. The van der Waals surface area contributed by atoms with Crippen LogP contribution in [-0.2, 0) is 76.4 Å². The van der Waals surface area contributed by atoms with Gasteiger partial charge in [-0.2, -0.15) is 0 Å². The number of fused-ring (bicyclic) bond motifs is 8. The summed E-state index contributed by atoms with van der Waals surface area (Å²) in [5.74, 6) is 0.604. The molecule has 3 aliphatic heterocycles. The summed E-state index contributed by atoms with van der Waals surface area (Å²) in [7, 11) is 0. The van der Waals surface area contributed by atoms with Gasteiger partial charge in [-0.1, -0.05) is 25.5 Å². The lowest BCUT2D eigenvalue weighted by molar-refractivity contribution is -0.245. The van der Waals surface area contributed by atoms with E-state index in [1.807, 2.05) is 11.6 Å². The Labute approximate surface area is 502 Å². The number of aryl methyl sites for hydroxylation is 1. The molecule has 85 heavy (non-hydrogen) atoms. The molecule has 10 rings (SSSR count). The van der Waals surface area contributed by atoms with Crippen molar-refractivity contribution in [3.05, 3.63) is 23.0 Å². The Bertz CT molecular complexity index is 2470. The minimum atomic E-state index is -1.01. The van der Waals surface area contributed by atoms with Gasteiger partial charge in [0.15, 0.2) is 0 Å². The second kappa shape index (κ2) is 29.4. The number of aliphatic hydroxyl groups excluding tert-OH is 1. The number of aliphatic hydroxyl groups is 2. The van der Waals surface area contributed by atoms with E-state index in [0.29, 0.717) is 142 Å². The van der Waals surface area contributed by atoms with Crippen molar-refractivity contribution < 1.29 is 81.9 Å². The molecule has 7 N–H and O–H groups in total. The molecule has 9 aliphatic rings. The molecule has 24 nitrogen and oxygen atoms in total. The summed E-state index contributed by atoms with van der Waals surface area (Å²) in [5, 5.41) is 54.0. The van der Waals surface area contributed by atoms with Gasteiger partial charge in [0.05, 0.1) is 127 Å². The zero-order chi connectivity index (χ0) is 59.6. The number of nitrogens with one attached hydrogen (secondary N) is 4. The van der Waals surface area contributed by atoms with Gasteiger partial charge < -0.3 is 79.2 Å². The van der Waals surface area contributed by atoms with Crippen molar-refractivity contribution in [2.45, 2.75) is 164 Å². The number of carbonyl (C=O) groups excluding carboxylic acids is 4. The predicted octanol–water partition coefficient (Wildman–Crippen LogP) is 3.71. The van der Waals surface area contributed by atoms with E-state index >= 15 is 0 Å². The van der Waals surface area contributed by atoms with Crippen LogP contribution < -0.4 is 21.3 Å². The molecule has 6 unspecified atom stereocenters. The Morgan fingerprint density at radius 2 is 1.51 bits per heavy atom. The first-order valence-corrected chi connectivity index (χ1v) is 32.5. The Hall–Kier alpha value is -4.18. The number of alkyl carbamates (subject to hydrolysis) is 1. The highest BCUT2D eigenvalue weighted by Gasteiger charge is 2.71. The van der Waals surface area contributed by atoms with Gasteiger partial charge in [-0.25, -0.2) is 19.1 Å². The minimum Gasteiger partial charge on any atom is -0.481 e. The second-order valence-electron chi connectivity index (χ2n) is 25.5. The van der Waals surface area contributed by atoms with E-state index in [1.54, 1.807) is 17.8 Å². The van der Waals surface area contributed by atoms with Crippen molar-refractivity contribution in [2.75, 3.05) is 106 Å². The van der Waals surface area contributed by atoms with E-state index in [0.717, 1.165) is 94.0 Å². The zero-order valence-corrected chi connectivity index (χ0v) is 50.5. The van der Waals surface area contributed by atoms with Crippen LogP contribution >= 0.6 is 11.8 Å². The van der Waals surface area contributed by atoms with Crippen molar-refractivity contribution in [3.8, 4) is 0 Å². The monoisotopic (exact) mass is 1220 g/mol. The molecule has 476 valence electrons. The normalized spacial score (nSPS) is 35.1. The van der Waals surface area contributed by atoms with Gasteiger partial charge >= 0.3 is 24.1 Å². The molecule has 4 amide bonds. The number of thioether (sulfide) groups is 1. The number of amides is 4. The second-order valence-corrected chi connectivity index (χ2v) is 26.9. The van der Waals surface area contributed by atoms with Crippen molar-refractivity contribution in [3.63, 3.8) is 0 Å². The van der Waals surface area contributed by atoms with Crippen molar-refractivity contribution in [1.29, 1.82) is 0 Å². The molecule has 5 saturated carbocycles. The molecule has 4 heterocycles. The lowest BCUT2D eigenvalue weighted by atomic mass is 9.42. The lowest BCUT2D eigenvalue weighted by Crippen LogP contribution is -2.67. The van der Waals surface area contributed by atoms with Crippen LogP contribution in [-0.4, -0.2) is 206 Å². The van der Waals surface area contributed by atoms with Crippen LogP contribution in [0, 0.1) is 52.3 Å². The lowest BCUT2D eigenvalue weighted by Gasteiger charge is -2.65. The minimum absolute atomic E-state index is 0.0150. The van der Waals surface area contributed by atoms with Gasteiger partial charge in [0, 0.05) is 36.3 Å². The first-order valence-electron chi connectivity index (χ1n) is 31.6. The molecule has 2 saturated heterocycles. The Kier molecular flexibility index (Phi) is 22.1. The smallest absolute Gasteiger partial charge is 0.407 e. The largest absolute Gasteiger partial charge is 0.481 e. The van der Waals surface area contributed by atoms with Crippen molar-refractivity contribution in [1.82, 2.24) is 36.3 Å². The number of hydrogen-bond donors (Lipinski definition) is 7. The average molecular weight is 1220 g/mol. The number of esters is 1. The van der Waals surface area contributed by atoms with Crippen molar-refractivity contribution in [2.24, 2.45) is 52.3 Å². The van der Waals surface area contributed by atoms with E-state index < -0.39 is 29.2 Å². The third-order valence-electron chi connectivity index (χ3n) is 21.0. The van der Waals surface area contributed by atoms with Crippen LogP contribution in [0.3, 0.4) is 0 Å². The topological polar surface area (TPSA) is 308 Å². The number of ether oxygens (including phenoxy) is 9. The fraction of sp³-hybridized carbons (Fsp3) is 0.850. The summed E-state index contributed by atoms with van der Waals surface area (Å²) in [6.45, 7) is 10.6. The van der Waals surface area contributed by atoms with Gasteiger partial charge in [-0.15, -0.1) is 16.9 Å². The zero-order valence-electron chi connectivity index (χ0n) is 49.7. The number of carbonyl (C=O) groups is 5. The van der Waals surface area contributed by atoms with E-state index in [1.165, 1.54) is 0 Å². The number of cyclic esters (lactones) is 1. The van der Waals surface area contributed by atoms with Crippen LogP contribution in [0.2, 0.25) is 0 Å². The van der Waals surface area contributed by atoms with Gasteiger partial charge in [0.2, 0.25) is 5.91 Å². The summed E-state index contributed by atoms with van der Waals surface area (Å²) >= 11 is 1.68. The first-order chi connectivity index (χ1) is 41.2. The molecule has 25 heteroatoms. The predicted molar refractivity (Wildman–Crippen MR) is 307 cm³/mol. The molecule has 0 radical (unpaired) electrons. The van der Waals surface area contributed by atoms with Gasteiger partial charge in [-0.05, 0) is 142 Å². The number of hydrogen-bond acceptors (Lipinski definition) is 19. The van der Waals surface area contributed by atoms with Gasteiger partial charge in [0.25, 0.3) is 0 Å². The molecule has 6 aliphatic carbocycles. The summed E-state index contributed by atoms with van der Waals surface area (Å²) in [6, 6.07) is -0.355. The van der Waals surface area contributed by atoms with E-state index in [2.05, 4.69) is 38.5 Å². The number of unbranched alkanes of at least 4 members (excludes halogenated alkanes) is 1. The summed E-state index contributed by atoms with van der Waals surface area (Å²) in [6.07, 6.45) is 12.9. The van der Waals surface area contributed by atoms with Crippen LogP contribution in [0.25, 0.3) is 0 Å². The molecule has 7 fully saturated rings. The Morgan fingerprint density at radius 1 is 0.800 bits per heavy atom. The SMILES string of the molecule is C[C@@]12CC[C@@H](OCC(=O)NCCOCCOCCNC(=O)OCC3C4CCc5nnn(CCOCCOCCOCCOC6S[C@H](CCCCC(=O)O)[C@H]7NC(=O)N[C@@H]67)c5CCC43)C[C@@H]1CCC1[C@@H]2C[C@H](O)[C@@]2(C)C(C3=CC(=O)OC3)CC[C@@]12O. The molecule has 0 aromatic carbocycles. The van der Waals surface area contributed by atoms with Gasteiger partial charge in [0.1, 0.15) is 18.6 Å².